The van der Waals surface area contributed by atoms with Gasteiger partial charge in [-0.2, -0.15) is 0 Å². The molecule has 0 aromatic rings. The van der Waals surface area contributed by atoms with Crippen molar-refractivity contribution >= 4 is 0 Å². The summed E-state index contributed by atoms with van der Waals surface area (Å²) in [5.41, 5.74) is 0.119. The van der Waals surface area contributed by atoms with Crippen LogP contribution in [0.4, 0.5) is 0 Å². The summed E-state index contributed by atoms with van der Waals surface area (Å²) in [4.78, 5) is 0. The molecule has 0 amide bonds. The second-order valence-electron chi connectivity index (χ2n) is 3.59. The monoisotopic (exact) mass is 156 g/mol. The lowest BCUT2D eigenvalue weighted by molar-refractivity contribution is 0.155. The zero-order valence-corrected chi connectivity index (χ0v) is 6.95. The first kappa shape index (κ1) is 8.75. The fourth-order valence-electron chi connectivity index (χ4n) is 1.46. The van der Waals surface area contributed by atoms with Crippen molar-refractivity contribution in [3.8, 4) is 0 Å². The van der Waals surface area contributed by atoms with Crippen molar-refractivity contribution in [3.05, 3.63) is 12.2 Å². The summed E-state index contributed by atoms with van der Waals surface area (Å²) >= 11 is 0. The maximum absolute atomic E-state index is 9.16. The van der Waals surface area contributed by atoms with Crippen molar-refractivity contribution < 1.29 is 10.2 Å². The summed E-state index contributed by atoms with van der Waals surface area (Å²) in [5.74, 6) is 0. The van der Waals surface area contributed by atoms with Crippen molar-refractivity contribution in [2.75, 3.05) is 6.61 Å². The van der Waals surface area contributed by atoms with Gasteiger partial charge in [-0.3, -0.25) is 0 Å². The average Bonchev–Trinajstić information content (AvgIpc) is 1.97. The molecular weight excluding hydrogens is 140 g/mol. The molecule has 2 nitrogen and oxygen atoms in total. The minimum Gasteiger partial charge on any atom is -0.396 e. The van der Waals surface area contributed by atoms with Gasteiger partial charge in [0.1, 0.15) is 0 Å². The van der Waals surface area contributed by atoms with Crippen molar-refractivity contribution in [2.24, 2.45) is 5.41 Å². The maximum Gasteiger partial charge on any atom is 0.0721 e. The minimum atomic E-state index is -0.262. The predicted octanol–water partition coefficient (Wildman–Crippen LogP) is 1.09. The third-order valence-corrected chi connectivity index (χ3v) is 2.41. The third-order valence-electron chi connectivity index (χ3n) is 2.41. The van der Waals surface area contributed by atoms with Gasteiger partial charge in [-0.15, -0.1) is 0 Å². The van der Waals surface area contributed by atoms with E-state index in [0.717, 1.165) is 19.3 Å². The number of aliphatic hydroxyl groups is 2. The second kappa shape index (κ2) is 3.37. The molecule has 2 atom stereocenters. The highest BCUT2D eigenvalue weighted by molar-refractivity contribution is 5.04. The van der Waals surface area contributed by atoms with Crippen molar-refractivity contribution in [2.45, 2.75) is 32.3 Å². The molecular formula is C9H16O2. The lowest BCUT2D eigenvalue weighted by atomic mass is 9.78. The fraction of sp³-hybridized carbons (Fsp3) is 0.778. The summed E-state index contributed by atoms with van der Waals surface area (Å²) < 4.78 is 0. The van der Waals surface area contributed by atoms with E-state index in [-0.39, 0.29) is 18.1 Å². The van der Waals surface area contributed by atoms with Crippen LogP contribution in [0.2, 0.25) is 0 Å². The van der Waals surface area contributed by atoms with Crippen LogP contribution in [0.3, 0.4) is 0 Å². The Labute approximate surface area is 67.6 Å². The molecule has 0 aromatic carbocycles. The number of hydrogen-bond donors (Lipinski definition) is 2. The van der Waals surface area contributed by atoms with E-state index in [1.165, 1.54) is 0 Å². The molecule has 0 spiro atoms. The standard InChI is InChI=1S/C9H16O2/c1-9(6-7-10)4-2-8(11)3-5-9/h2,4,8,10-11H,3,5-7H2,1H3. The van der Waals surface area contributed by atoms with Crippen LogP contribution in [0.15, 0.2) is 12.2 Å². The van der Waals surface area contributed by atoms with Gasteiger partial charge in [0.2, 0.25) is 0 Å². The van der Waals surface area contributed by atoms with Crippen LogP contribution in [0.5, 0.6) is 0 Å². The molecule has 0 fully saturated rings. The van der Waals surface area contributed by atoms with E-state index < -0.39 is 0 Å². The Morgan fingerprint density at radius 3 is 2.82 bits per heavy atom. The Kier molecular flexibility index (Phi) is 2.68. The molecule has 0 heterocycles. The van der Waals surface area contributed by atoms with Crippen LogP contribution in [-0.2, 0) is 0 Å². The van der Waals surface area contributed by atoms with E-state index in [1.807, 2.05) is 12.2 Å². The van der Waals surface area contributed by atoms with Gasteiger partial charge >= 0.3 is 0 Å². The average molecular weight is 156 g/mol. The van der Waals surface area contributed by atoms with Crippen LogP contribution in [-0.4, -0.2) is 22.9 Å². The quantitative estimate of drug-likeness (QED) is 0.587. The van der Waals surface area contributed by atoms with Crippen LogP contribution in [0.25, 0.3) is 0 Å². The Bertz CT molecular complexity index is 154. The van der Waals surface area contributed by atoms with E-state index in [1.54, 1.807) is 0 Å². The van der Waals surface area contributed by atoms with Gasteiger partial charge in [-0.25, -0.2) is 0 Å². The van der Waals surface area contributed by atoms with Gasteiger partial charge in [-0.1, -0.05) is 19.1 Å². The lowest BCUT2D eigenvalue weighted by Crippen LogP contribution is -2.22. The number of aliphatic hydroxyl groups excluding tert-OH is 2. The molecule has 0 radical (unpaired) electrons. The minimum absolute atomic E-state index is 0.119. The summed E-state index contributed by atoms with van der Waals surface area (Å²) in [6, 6.07) is 0. The highest BCUT2D eigenvalue weighted by Crippen LogP contribution is 2.33. The molecule has 1 aliphatic carbocycles. The van der Waals surface area contributed by atoms with E-state index in [2.05, 4.69) is 6.92 Å². The molecule has 0 bridgehead atoms. The maximum atomic E-state index is 9.16. The highest BCUT2D eigenvalue weighted by Gasteiger charge is 2.24. The Morgan fingerprint density at radius 1 is 1.64 bits per heavy atom. The van der Waals surface area contributed by atoms with Gasteiger partial charge in [0.15, 0.2) is 0 Å². The van der Waals surface area contributed by atoms with Crippen LogP contribution in [0.1, 0.15) is 26.2 Å². The largest absolute Gasteiger partial charge is 0.396 e. The Morgan fingerprint density at radius 2 is 2.36 bits per heavy atom. The zero-order chi connectivity index (χ0) is 8.32. The van der Waals surface area contributed by atoms with E-state index in [9.17, 15) is 0 Å². The second-order valence-corrected chi connectivity index (χ2v) is 3.59. The van der Waals surface area contributed by atoms with Crippen molar-refractivity contribution in [1.82, 2.24) is 0 Å². The van der Waals surface area contributed by atoms with Gasteiger partial charge < -0.3 is 10.2 Å². The SMILES string of the molecule is CC1(CCO)C=CC(O)CC1. The molecule has 2 unspecified atom stereocenters. The molecule has 0 saturated heterocycles. The first-order chi connectivity index (χ1) is 5.16. The molecule has 11 heavy (non-hydrogen) atoms. The van der Waals surface area contributed by atoms with Crippen molar-refractivity contribution in [1.29, 1.82) is 0 Å². The number of allylic oxidation sites excluding steroid dienone is 1. The zero-order valence-electron chi connectivity index (χ0n) is 6.95. The van der Waals surface area contributed by atoms with Gasteiger partial charge in [0, 0.05) is 6.61 Å². The summed E-state index contributed by atoms with van der Waals surface area (Å²) in [6.07, 6.45) is 6.20. The van der Waals surface area contributed by atoms with E-state index in [4.69, 9.17) is 10.2 Å². The lowest BCUT2D eigenvalue weighted by Gasteiger charge is -2.29. The van der Waals surface area contributed by atoms with Gasteiger partial charge in [0.25, 0.3) is 0 Å². The molecule has 64 valence electrons. The van der Waals surface area contributed by atoms with E-state index in [0.29, 0.717) is 0 Å². The molecule has 2 heteroatoms. The number of rotatable bonds is 2. The van der Waals surface area contributed by atoms with E-state index >= 15 is 0 Å². The highest BCUT2D eigenvalue weighted by atomic mass is 16.3. The predicted molar refractivity (Wildman–Crippen MR) is 44.2 cm³/mol. The first-order valence-electron chi connectivity index (χ1n) is 4.15. The summed E-state index contributed by atoms with van der Waals surface area (Å²) in [7, 11) is 0. The smallest absolute Gasteiger partial charge is 0.0721 e. The molecule has 1 rings (SSSR count). The van der Waals surface area contributed by atoms with Gasteiger partial charge in [-0.05, 0) is 24.7 Å². The van der Waals surface area contributed by atoms with Crippen LogP contribution >= 0.6 is 0 Å². The Hall–Kier alpha value is -0.340. The normalized spacial score (nSPS) is 37.5. The topological polar surface area (TPSA) is 40.5 Å². The Balaban J connectivity index is 2.53. The summed E-state index contributed by atoms with van der Waals surface area (Å²) in [6.45, 7) is 2.35. The molecule has 0 aromatic heterocycles. The summed E-state index contributed by atoms with van der Waals surface area (Å²) in [5, 5.41) is 17.9. The fourth-order valence-corrected chi connectivity index (χ4v) is 1.46. The van der Waals surface area contributed by atoms with Crippen molar-refractivity contribution in [3.63, 3.8) is 0 Å². The van der Waals surface area contributed by atoms with Crippen LogP contribution in [0, 0.1) is 5.41 Å². The molecule has 1 aliphatic rings. The number of hydrogen-bond acceptors (Lipinski definition) is 2. The first-order valence-corrected chi connectivity index (χ1v) is 4.15. The molecule has 0 saturated carbocycles. The van der Waals surface area contributed by atoms with Crippen LogP contribution < -0.4 is 0 Å². The molecule has 0 aliphatic heterocycles. The van der Waals surface area contributed by atoms with Gasteiger partial charge in [0.05, 0.1) is 6.10 Å². The third kappa shape index (κ3) is 2.31. The molecule has 2 N–H and O–H groups in total.